The fourth-order valence-electron chi connectivity index (χ4n) is 1.66. The van der Waals surface area contributed by atoms with Crippen LogP contribution in [0.1, 0.15) is 19.8 Å². The number of benzene rings is 1. The van der Waals surface area contributed by atoms with Crippen LogP contribution in [0.2, 0.25) is 0 Å². The van der Waals surface area contributed by atoms with Gasteiger partial charge in [-0.1, -0.05) is 19.1 Å². The second-order valence-corrected chi connectivity index (χ2v) is 3.78. The zero-order valence-electron chi connectivity index (χ0n) is 7.73. The van der Waals surface area contributed by atoms with E-state index in [1.54, 1.807) is 18.2 Å². The molecule has 2 heteroatoms. The molecule has 1 N–H and O–H groups in total. The van der Waals surface area contributed by atoms with Crippen LogP contribution in [-0.4, -0.2) is 11.2 Å². The Bertz CT molecular complexity index is 290. The number of para-hydroxylation sites is 2. The van der Waals surface area contributed by atoms with Gasteiger partial charge in [-0.2, -0.15) is 0 Å². The van der Waals surface area contributed by atoms with Gasteiger partial charge in [-0.15, -0.1) is 0 Å². The van der Waals surface area contributed by atoms with Crippen molar-refractivity contribution in [2.45, 2.75) is 25.9 Å². The number of aromatic hydroxyl groups is 1. The van der Waals surface area contributed by atoms with Crippen LogP contribution in [0.3, 0.4) is 0 Å². The summed E-state index contributed by atoms with van der Waals surface area (Å²) in [6, 6.07) is 7.12. The lowest BCUT2D eigenvalue weighted by Gasteiger charge is -2.32. The van der Waals surface area contributed by atoms with Crippen molar-refractivity contribution in [2.75, 3.05) is 0 Å². The molecule has 0 saturated heterocycles. The Hall–Kier alpha value is -1.18. The van der Waals surface area contributed by atoms with Crippen molar-refractivity contribution in [1.82, 2.24) is 0 Å². The van der Waals surface area contributed by atoms with Gasteiger partial charge >= 0.3 is 0 Å². The lowest BCUT2D eigenvalue weighted by molar-refractivity contribution is 0.0712. The molecule has 0 aromatic heterocycles. The van der Waals surface area contributed by atoms with E-state index in [1.807, 2.05) is 6.07 Å². The fourth-order valence-corrected chi connectivity index (χ4v) is 1.66. The van der Waals surface area contributed by atoms with Crippen LogP contribution in [0, 0.1) is 5.92 Å². The Morgan fingerprint density at radius 2 is 2.00 bits per heavy atom. The van der Waals surface area contributed by atoms with E-state index in [0.717, 1.165) is 18.8 Å². The second kappa shape index (κ2) is 3.29. The average Bonchev–Trinajstić information content (AvgIpc) is 2.06. The minimum atomic E-state index is 0.238. The summed E-state index contributed by atoms with van der Waals surface area (Å²) in [6.45, 7) is 2.21. The van der Waals surface area contributed by atoms with Crippen molar-refractivity contribution in [2.24, 2.45) is 5.92 Å². The highest BCUT2D eigenvalue weighted by Crippen LogP contribution is 2.33. The van der Waals surface area contributed by atoms with Crippen molar-refractivity contribution in [3.63, 3.8) is 0 Å². The summed E-state index contributed by atoms with van der Waals surface area (Å²) < 4.78 is 5.60. The summed E-state index contributed by atoms with van der Waals surface area (Å²) in [7, 11) is 0. The lowest BCUT2D eigenvalue weighted by atomic mass is 9.84. The molecule has 1 aromatic carbocycles. The van der Waals surface area contributed by atoms with Gasteiger partial charge in [0.25, 0.3) is 0 Å². The van der Waals surface area contributed by atoms with Crippen LogP contribution in [0.15, 0.2) is 24.3 Å². The van der Waals surface area contributed by atoms with Gasteiger partial charge in [0.2, 0.25) is 0 Å². The molecule has 2 nitrogen and oxygen atoms in total. The van der Waals surface area contributed by atoms with Gasteiger partial charge in [-0.3, -0.25) is 0 Å². The quantitative estimate of drug-likeness (QED) is 0.754. The summed E-state index contributed by atoms with van der Waals surface area (Å²) in [5, 5.41) is 9.42. The normalized spacial score (nSPS) is 26.5. The first-order valence-corrected chi connectivity index (χ1v) is 4.70. The van der Waals surface area contributed by atoms with E-state index in [2.05, 4.69) is 6.92 Å². The number of phenols is 1. The molecule has 1 aromatic rings. The highest BCUT2D eigenvalue weighted by atomic mass is 16.5. The fraction of sp³-hybridized carbons (Fsp3) is 0.455. The third-order valence-electron chi connectivity index (χ3n) is 2.49. The topological polar surface area (TPSA) is 29.5 Å². The van der Waals surface area contributed by atoms with E-state index < -0.39 is 0 Å². The Morgan fingerprint density at radius 1 is 1.31 bits per heavy atom. The van der Waals surface area contributed by atoms with Gasteiger partial charge in [0, 0.05) is 0 Å². The van der Waals surface area contributed by atoms with E-state index in [4.69, 9.17) is 4.74 Å². The highest BCUT2D eigenvalue weighted by molar-refractivity contribution is 5.38. The van der Waals surface area contributed by atoms with Crippen molar-refractivity contribution in [3.05, 3.63) is 24.3 Å². The van der Waals surface area contributed by atoms with Crippen molar-refractivity contribution < 1.29 is 9.84 Å². The molecule has 2 rings (SSSR count). The summed E-state index contributed by atoms with van der Waals surface area (Å²) in [5.74, 6) is 1.62. The largest absolute Gasteiger partial charge is 0.504 e. The number of rotatable bonds is 2. The van der Waals surface area contributed by atoms with E-state index in [-0.39, 0.29) is 5.75 Å². The third-order valence-corrected chi connectivity index (χ3v) is 2.49. The molecule has 1 aliphatic carbocycles. The first-order chi connectivity index (χ1) is 6.25. The zero-order chi connectivity index (χ0) is 9.26. The van der Waals surface area contributed by atoms with Crippen LogP contribution < -0.4 is 4.74 Å². The van der Waals surface area contributed by atoms with Crippen LogP contribution in [0.4, 0.5) is 0 Å². The smallest absolute Gasteiger partial charge is 0.161 e. The molecule has 0 bridgehead atoms. The molecule has 0 aliphatic heterocycles. The SMILES string of the molecule is CC1CC(Oc2ccccc2O)C1. The molecule has 70 valence electrons. The predicted molar refractivity (Wildman–Crippen MR) is 50.9 cm³/mol. The van der Waals surface area contributed by atoms with E-state index in [1.165, 1.54) is 0 Å². The van der Waals surface area contributed by atoms with Gasteiger partial charge in [0.15, 0.2) is 11.5 Å². The summed E-state index contributed by atoms with van der Waals surface area (Å²) in [6.07, 6.45) is 2.52. The van der Waals surface area contributed by atoms with E-state index in [9.17, 15) is 5.11 Å². The second-order valence-electron chi connectivity index (χ2n) is 3.78. The van der Waals surface area contributed by atoms with Gasteiger partial charge < -0.3 is 9.84 Å². The molecule has 0 radical (unpaired) electrons. The Labute approximate surface area is 78.2 Å². The Morgan fingerprint density at radius 3 is 2.62 bits per heavy atom. The Kier molecular flexibility index (Phi) is 2.13. The van der Waals surface area contributed by atoms with Gasteiger partial charge in [0.1, 0.15) is 0 Å². The molecule has 1 fully saturated rings. The minimum Gasteiger partial charge on any atom is -0.504 e. The van der Waals surface area contributed by atoms with Gasteiger partial charge in [-0.05, 0) is 30.9 Å². The van der Waals surface area contributed by atoms with Crippen molar-refractivity contribution >= 4 is 0 Å². The maximum absolute atomic E-state index is 9.42. The number of phenolic OH excluding ortho intramolecular Hbond substituents is 1. The first-order valence-electron chi connectivity index (χ1n) is 4.70. The highest BCUT2D eigenvalue weighted by Gasteiger charge is 2.27. The number of hydrogen-bond donors (Lipinski definition) is 1. The molecular formula is C11H14O2. The third kappa shape index (κ3) is 1.77. The minimum absolute atomic E-state index is 0.238. The molecule has 0 unspecified atom stereocenters. The first kappa shape index (κ1) is 8.42. The van der Waals surface area contributed by atoms with Gasteiger partial charge in [-0.25, -0.2) is 0 Å². The molecule has 1 aliphatic rings. The summed E-state index contributed by atoms with van der Waals surface area (Å²) in [5.41, 5.74) is 0. The number of ether oxygens (including phenoxy) is 1. The summed E-state index contributed by atoms with van der Waals surface area (Å²) in [4.78, 5) is 0. The van der Waals surface area contributed by atoms with Crippen molar-refractivity contribution in [1.29, 1.82) is 0 Å². The molecule has 13 heavy (non-hydrogen) atoms. The molecular weight excluding hydrogens is 164 g/mol. The monoisotopic (exact) mass is 178 g/mol. The molecule has 0 spiro atoms. The summed E-state index contributed by atoms with van der Waals surface area (Å²) >= 11 is 0. The van der Waals surface area contributed by atoms with Crippen LogP contribution in [0.25, 0.3) is 0 Å². The Balaban J connectivity index is 1.98. The molecule has 1 saturated carbocycles. The maximum Gasteiger partial charge on any atom is 0.161 e. The lowest BCUT2D eigenvalue weighted by Crippen LogP contribution is -2.31. The van der Waals surface area contributed by atoms with Crippen molar-refractivity contribution in [3.8, 4) is 11.5 Å². The molecule has 0 heterocycles. The molecule has 0 amide bonds. The number of hydrogen-bond acceptors (Lipinski definition) is 2. The predicted octanol–water partition coefficient (Wildman–Crippen LogP) is 2.57. The van der Waals surface area contributed by atoms with Crippen LogP contribution >= 0.6 is 0 Å². The van der Waals surface area contributed by atoms with Crippen LogP contribution in [-0.2, 0) is 0 Å². The zero-order valence-corrected chi connectivity index (χ0v) is 7.73. The average molecular weight is 178 g/mol. The van der Waals surface area contributed by atoms with E-state index >= 15 is 0 Å². The van der Waals surface area contributed by atoms with E-state index in [0.29, 0.717) is 11.9 Å². The maximum atomic E-state index is 9.42. The van der Waals surface area contributed by atoms with Gasteiger partial charge in [0.05, 0.1) is 6.10 Å². The van der Waals surface area contributed by atoms with Crippen LogP contribution in [0.5, 0.6) is 11.5 Å². The standard InChI is InChI=1S/C11H14O2/c1-8-6-9(7-8)13-11-5-3-2-4-10(11)12/h2-5,8-9,12H,6-7H2,1H3. The molecule has 0 atom stereocenters.